The lowest BCUT2D eigenvalue weighted by Gasteiger charge is -2.12. The zero-order valence-electron chi connectivity index (χ0n) is 17.2. The molecule has 0 bridgehead atoms. The Bertz CT molecular complexity index is 1120. The first-order chi connectivity index (χ1) is 14.9. The number of aryl methyl sites for hydroxylation is 3. The van der Waals surface area contributed by atoms with Gasteiger partial charge in [-0.15, -0.1) is 0 Å². The van der Waals surface area contributed by atoms with Gasteiger partial charge in [0.1, 0.15) is 12.9 Å². The van der Waals surface area contributed by atoms with Gasteiger partial charge in [-0.05, 0) is 41.8 Å². The molecule has 0 atom stereocenters. The van der Waals surface area contributed by atoms with Crippen LogP contribution in [0.5, 0.6) is 0 Å². The highest BCUT2D eigenvalue weighted by atomic mass is 35.5. The van der Waals surface area contributed by atoms with Crippen LogP contribution in [0.1, 0.15) is 33.8 Å². The second-order valence-corrected chi connectivity index (χ2v) is 7.62. The number of nitrogens with two attached hydrogens (primary N) is 1. The number of pyridine rings is 1. The van der Waals surface area contributed by atoms with E-state index in [2.05, 4.69) is 10.3 Å². The number of aliphatic hydroxyl groups excluding tert-OH is 1. The first kappa shape index (κ1) is 22.7. The Morgan fingerprint density at radius 2 is 2.13 bits per heavy atom. The Kier molecular flexibility index (Phi) is 7.62. The number of oxazole rings is 1. The van der Waals surface area contributed by atoms with Crippen LogP contribution in [0.25, 0.3) is 0 Å². The third-order valence-electron chi connectivity index (χ3n) is 5.04. The first-order valence-corrected chi connectivity index (χ1v) is 10.3. The number of benzene rings is 1. The van der Waals surface area contributed by atoms with Crippen LogP contribution in [-0.4, -0.2) is 20.6 Å². The minimum Gasteiger partial charge on any atom is -0.446 e. The number of halogens is 1. The van der Waals surface area contributed by atoms with Gasteiger partial charge >= 0.3 is 0 Å². The fraction of sp³-hybridized carbons (Fsp3) is 0.318. The topological polar surface area (TPSA) is 123 Å². The average Bonchev–Trinajstić information content (AvgIpc) is 3.23. The highest BCUT2D eigenvalue weighted by molar-refractivity contribution is 6.30. The van der Waals surface area contributed by atoms with Crippen molar-refractivity contribution in [2.24, 2.45) is 5.73 Å². The van der Waals surface area contributed by atoms with Crippen molar-refractivity contribution in [2.45, 2.75) is 46.0 Å². The second-order valence-electron chi connectivity index (χ2n) is 7.19. The van der Waals surface area contributed by atoms with E-state index in [0.29, 0.717) is 35.8 Å². The van der Waals surface area contributed by atoms with E-state index in [0.717, 1.165) is 16.7 Å². The van der Waals surface area contributed by atoms with E-state index in [4.69, 9.17) is 26.9 Å². The molecule has 0 radical (unpaired) electrons. The van der Waals surface area contributed by atoms with Gasteiger partial charge < -0.3 is 25.1 Å². The van der Waals surface area contributed by atoms with E-state index in [-0.39, 0.29) is 36.9 Å². The summed E-state index contributed by atoms with van der Waals surface area (Å²) < 4.78 is 6.65. The molecular formula is C22H25ClN4O4. The van der Waals surface area contributed by atoms with Crippen molar-refractivity contribution in [1.82, 2.24) is 14.9 Å². The quantitative estimate of drug-likeness (QED) is 0.462. The van der Waals surface area contributed by atoms with E-state index >= 15 is 0 Å². The Labute approximate surface area is 184 Å². The minimum atomic E-state index is -0.272. The molecule has 9 heteroatoms. The zero-order chi connectivity index (χ0) is 22.4. The molecule has 0 spiro atoms. The van der Waals surface area contributed by atoms with Gasteiger partial charge in [0, 0.05) is 42.8 Å². The van der Waals surface area contributed by atoms with E-state index in [1.165, 1.54) is 6.26 Å². The van der Waals surface area contributed by atoms with E-state index < -0.39 is 0 Å². The van der Waals surface area contributed by atoms with Crippen molar-refractivity contribution in [3.63, 3.8) is 0 Å². The van der Waals surface area contributed by atoms with Gasteiger partial charge in [-0.1, -0.05) is 17.7 Å². The highest BCUT2D eigenvalue weighted by Crippen LogP contribution is 2.16. The molecule has 0 fully saturated rings. The number of hydrogen-bond acceptors (Lipinski definition) is 6. The Morgan fingerprint density at radius 1 is 1.32 bits per heavy atom. The number of rotatable bonds is 9. The third-order valence-corrected chi connectivity index (χ3v) is 5.28. The molecule has 0 saturated carbocycles. The van der Waals surface area contributed by atoms with Crippen LogP contribution in [0.4, 0.5) is 0 Å². The molecule has 8 nitrogen and oxygen atoms in total. The summed E-state index contributed by atoms with van der Waals surface area (Å²) >= 11 is 6.04. The van der Waals surface area contributed by atoms with Crippen molar-refractivity contribution in [3.8, 4) is 0 Å². The maximum atomic E-state index is 12.9. The molecule has 3 rings (SSSR count). The number of carbonyl (C=O) groups excluding carboxylic acids is 1. The van der Waals surface area contributed by atoms with E-state index in [1.54, 1.807) is 22.9 Å². The molecule has 2 aromatic heterocycles. The van der Waals surface area contributed by atoms with Crippen molar-refractivity contribution < 1.29 is 14.3 Å². The molecule has 4 N–H and O–H groups in total. The number of amides is 1. The molecule has 164 valence electrons. The number of nitrogens with one attached hydrogen (secondary N) is 1. The molecule has 0 saturated heterocycles. The predicted molar refractivity (Wildman–Crippen MR) is 116 cm³/mol. The van der Waals surface area contributed by atoms with Crippen LogP contribution in [0, 0.1) is 6.92 Å². The van der Waals surface area contributed by atoms with Crippen LogP contribution in [0.2, 0.25) is 5.02 Å². The summed E-state index contributed by atoms with van der Waals surface area (Å²) in [5.74, 6) is -0.0221. The summed E-state index contributed by atoms with van der Waals surface area (Å²) in [6.07, 6.45) is 3.60. The zero-order valence-corrected chi connectivity index (χ0v) is 18.0. The van der Waals surface area contributed by atoms with Gasteiger partial charge in [-0.3, -0.25) is 9.59 Å². The molecule has 31 heavy (non-hydrogen) atoms. The molecule has 0 aliphatic carbocycles. The number of hydrogen-bond donors (Lipinski definition) is 3. The molecule has 0 aliphatic heterocycles. The first-order valence-electron chi connectivity index (χ1n) is 9.88. The summed E-state index contributed by atoms with van der Waals surface area (Å²) in [4.78, 5) is 29.5. The lowest BCUT2D eigenvalue weighted by atomic mass is 10.1. The Morgan fingerprint density at radius 3 is 2.84 bits per heavy atom. The molecule has 0 unspecified atom stereocenters. The van der Waals surface area contributed by atoms with Gasteiger partial charge in [-0.25, -0.2) is 4.98 Å². The normalized spacial score (nSPS) is 11.0. The number of nitrogens with zero attached hydrogens (tertiary/aromatic N) is 2. The summed E-state index contributed by atoms with van der Waals surface area (Å²) in [7, 11) is 0. The van der Waals surface area contributed by atoms with Crippen molar-refractivity contribution >= 4 is 17.5 Å². The fourth-order valence-corrected chi connectivity index (χ4v) is 3.44. The van der Waals surface area contributed by atoms with E-state index in [1.807, 2.05) is 19.1 Å². The summed E-state index contributed by atoms with van der Waals surface area (Å²) in [5.41, 5.74) is 9.13. The van der Waals surface area contributed by atoms with Crippen molar-refractivity contribution in [2.75, 3.05) is 0 Å². The van der Waals surface area contributed by atoms with Crippen LogP contribution in [0.15, 0.2) is 45.9 Å². The molecule has 1 aromatic carbocycles. The predicted octanol–water partition coefficient (Wildman–Crippen LogP) is 1.85. The lowest BCUT2D eigenvalue weighted by Crippen LogP contribution is -2.31. The molecular weight excluding hydrogens is 420 g/mol. The summed E-state index contributed by atoms with van der Waals surface area (Å²) in [6.45, 7) is 2.55. The maximum absolute atomic E-state index is 12.9. The van der Waals surface area contributed by atoms with Gasteiger partial charge in [0.05, 0.1) is 12.1 Å². The maximum Gasteiger partial charge on any atom is 0.254 e. The van der Waals surface area contributed by atoms with Crippen molar-refractivity contribution in [3.05, 3.63) is 85.9 Å². The standard InChI is InChI=1S/C22H25ClN4O4/c1-14-4-6-27(7-5-18-13-31-21(12-28)26-18)22(30)19(14)9-20(29)25-11-16-8-17(23)3-2-15(16)10-24/h2-4,6,8,13,28H,5,7,9-12,24H2,1H3,(H,25,29). The average molecular weight is 445 g/mol. The monoisotopic (exact) mass is 444 g/mol. The Balaban J connectivity index is 1.66. The van der Waals surface area contributed by atoms with Crippen LogP contribution >= 0.6 is 11.6 Å². The van der Waals surface area contributed by atoms with Crippen LogP contribution in [0.3, 0.4) is 0 Å². The molecule has 1 amide bonds. The van der Waals surface area contributed by atoms with Gasteiger partial charge in [-0.2, -0.15) is 0 Å². The smallest absolute Gasteiger partial charge is 0.254 e. The van der Waals surface area contributed by atoms with Crippen LogP contribution < -0.4 is 16.6 Å². The van der Waals surface area contributed by atoms with Gasteiger partial charge in [0.2, 0.25) is 11.8 Å². The Hall–Kier alpha value is -2.94. The van der Waals surface area contributed by atoms with Gasteiger partial charge in [0.15, 0.2) is 0 Å². The molecule has 2 heterocycles. The largest absolute Gasteiger partial charge is 0.446 e. The number of aliphatic hydroxyl groups is 1. The lowest BCUT2D eigenvalue weighted by molar-refractivity contribution is -0.120. The fourth-order valence-electron chi connectivity index (χ4n) is 3.25. The SMILES string of the molecule is Cc1ccn(CCc2coc(CO)n2)c(=O)c1CC(=O)NCc1cc(Cl)ccc1CN. The minimum absolute atomic E-state index is 0.0251. The highest BCUT2D eigenvalue weighted by Gasteiger charge is 2.13. The third kappa shape index (κ3) is 5.81. The van der Waals surface area contributed by atoms with Gasteiger partial charge in [0.25, 0.3) is 5.56 Å². The molecule has 3 aromatic rings. The summed E-state index contributed by atoms with van der Waals surface area (Å²) in [5, 5.41) is 12.4. The number of carbonyl (C=O) groups is 1. The number of aromatic nitrogens is 2. The molecule has 0 aliphatic rings. The van der Waals surface area contributed by atoms with E-state index in [9.17, 15) is 9.59 Å². The summed E-state index contributed by atoms with van der Waals surface area (Å²) in [6, 6.07) is 7.18. The van der Waals surface area contributed by atoms with Crippen molar-refractivity contribution in [1.29, 1.82) is 0 Å². The second kappa shape index (κ2) is 10.4. The van der Waals surface area contributed by atoms with Crippen LogP contribution in [-0.2, 0) is 43.9 Å².